The summed E-state index contributed by atoms with van der Waals surface area (Å²) >= 11 is 0. The predicted octanol–water partition coefficient (Wildman–Crippen LogP) is 1.86. The summed E-state index contributed by atoms with van der Waals surface area (Å²) in [5.41, 5.74) is 2.28. The lowest BCUT2D eigenvalue weighted by molar-refractivity contribution is 0.0734. The molecule has 2 aromatic heterocycles. The maximum atomic E-state index is 13.1. The normalized spacial score (nSPS) is 13.3. The molecule has 1 amide bonds. The number of carbonyl (C=O) groups excluding carboxylic acids is 1. The Morgan fingerprint density at radius 3 is 2.52 bits per heavy atom. The highest BCUT2D eigenvalue weighted by Crippen LogP contribution is 2.20. The van der Waals surface area contributed by atoms with Crippen molar-refractivity contribution in [1.29, 1.82) is 0 Å². The van der Waals surface area contributed by atoms with Gasteiger partial charge in [-0.05, 0) is 47.9 Å². The Morgan fingerprint density at radius 1 is 1.04 bits per heavy atom. The monoisotopic (exact) mass is 365 g/mol. The summed E-state index contributed by atoms with van der Waals surface area (Å²) in [5, 5.41) is 0. The van der Waals surface area contributed by atoms with Gasteiger partial charge >= 0.3 is 0 Å². The van der Waals surface area contributed by atoms with E-state index in [-0.39, 0.29) is 22.8 Å². The van der Waals surface area contributed by atoms with E-state index in [9.17, 15) is 18.8 Å². The van der Waals surface area contributed by atoms with E-state index in [1.807, 2.05) is 0 Å². The molecule has 0 spiro atoms. The van der Waals surface area contributed by atoms with Gasteiger partial charge in [-0.25, -0.2) is 4.39 Å². The number of pyridine rings is 2. The van der Waals surface area contributed by atoms with Crippen LogP contribution in [-0.4, -0.2) is 26.9 Å². The largest absolute Gasteiger partial charge is 0.334 e. The molecule has 4 rings (SSSR count). The van der Waals surface area contributed by atoms with Crippen molar-refractivity contribution in [2.24, 2.45) is 0 Å². The van der Waals surface area contributed by atoms with Crippen LogP contribution in [0.15, 0.2) is 64.4 Å². The predicted molar refractivity (Wildman–Crippen MR) is 97.5 cm³/mol. The molecule has 1 aromatic carbocycles. The second-order valence-electron chi connectivity index (χ2n) is 6.43. The average Bonchev–Trinajstić information content (AvgIpc) is 2.68. The van der Waals surface area contributed by atoms with Crippen LogP contribution in [0.5, 0.6) is 0 Å². The van der Waals surface area contributed by atoms with Gasteiger partial charge < -0.3 is 9.88 Å². The molecule has 0 fully saturated rings. The van der Waals surface area contributed by atoms with E-state index in [0.717, 1.165) is 11.1 Å². The summed E-state index contributed by atoms with van der Waals surface area (Å²) < 4.78 is 14.6. The van der Waals surface area contributed by atoms with Crippen molar-refractivity contribution in [3.63, 3.8) is 0 Å². The number of aromatic nitrogens is 2. The summed E-state index contributed by atoms with van der Waals surface area (Å²) in [6, 6.07) is 10.1. The van der Waals surface area contributed by atoms with Gasteiger partial charge in [-0.15, -0.1) is 0 Å². The molecular weight excluding hydrogens is 349 g/mol. The summed E-state index contributed by atoms with van der Waals surface area (Å²) in [5.74, 6) is -0.557. The Kier molecular flexibility index (Phi) is 4.19. The molecule has 0 saturated carbocycles. The molecule has 1 N–H and O–H groups in total. The average molecular weight is 365 g/mol. The molecule has 27 heavy (non-hydrogen) atoms. The number of benzene rings is 1. The number of rotatable bonds is 2. The molecule has 3 aromatic rings. The highest BCUT2D eigenvalue weighted by atomic mass is 19.1. The molecule has 0 aliphatic carbocycles. The maximum Gasteiger partial charge on any atom is 0.255 e. The first-order chi connectivity index (χ1) is 13.0. The summed E-state index contributed by atoms with van der Waals surface area (Å²) in [7, 11) is 0. The van der Waals surface area contributed by atoms with Gasteiger partial charge in [-0.2, -0.15) is 0 Å². The number of nitrogens with one attached hydrogen (secondary N) is 1. The molecule has 6 nitrogen and oxygen atoms in total. The van der Waals surface area contributed by atoms with Gasteiger partial charge in [0, 0.05) is 43.3 Å². The van der Waals surface area contributed by atoms with Gasteiger partial charge in [0.1, 0.15) is 5.82 Å². The lowest BCUT2D eigenvalue weighted by Crippen LogP contribution is -2.37. The summed E-state index contributed by atoms with van der Waals surface area (Å²) in [6.45, 7) is 0.847. The molecule has 0 bridgehead atoms. The zero-order chi connectivity index (χ0) is 19.0. The minimum Gasteiger partial charge on any atom is -0.334 e. The number of halogens is 1. The van der Waals surface area contributed by atoms with Crippen LogP contribution in [0.1, 0.15) is 21.5 Å². The van der Waals surface area contributed by atoms with Crippen molar-refractivity contribution in [1.82, 2.24) is 14.5 Å². The molecule has 3 heterocycles. The Bertz CT molecular complexity index is 1110. The van der Waals surface area contributed by atoms with Gasteiger partial charge in [0.05, 0.1) is 5.56 Å². The van der Waals surface area contributed by atoms with Crippen LogP contribution >= 0.6 is 0 Å². The fourth-order valence-electron chi connectivity index (χ4n) is 3.23. The highest BCUT2D eigenvalue weighted by molar-refractivity contribution is 5.94. The number of fused-ring (bicyclic) bond motifs is 1. The SMILES string of the molecule is O=C(c1ccc(=O)[nH]c1)N1CCc2cc(=O)n(-c3ccc(F)cc3)cc2C1. The van der Waals surface area contributed by atoms with Crippen molar-refractivity contribution in [2.45, 2.75) is 13.0 Å². The van der Waals surface area contributed by atoms with E-state index in [0.29, 0.717) is 30.8 Å². The van der Waals surface area contributed by atoms with Gasteiger partial charge in [0.15, 0.2) is 0 Å². The van der Waals surface area contributed by atoms with Gasteiger partial charge in [0.25, 0.3) is 11.5 Å². The van der Waals surface area contributed by atoms with Crippen molar-refractivity contribution < 1.29 is 9.18 Å². The van der Waals surface area contributed by atoms with Gasteiger partial charge in [-0.1, -0.05) is 0 Å². The highest BCUT2D eigenvalue weighted by Gasteiger charge is 2.23. The zero-order valence-corrected chi connectivity index (χ0v) is 14.3. The minimum absolute atomic E-state index is 0.184. The first kappa shape index (κ1) is 17.0. The second kappa shape index (κ2) is 6.68. The third kappa shape index (κ3) is 3.31. The number of aromatic amines is 1. The lowest BCUT2D eigenvalue weighted by atomic mass is 10.0. The quantitative estimate of drug-likeness (QED) is 0.753. The van der Waals surface area contributed by atoms with Crippen molar-refractivity contribution in [3.05, 3.63) is 98.1 Å². The van der Waals surface area contributed by atoms with Crippen LogP contribution in [0.3, 0.4) is 0 Å². The van der Waals surface area contributed by atoms with Gasteiger partial charge in [0.2, 0.25) is 5.56 Å². The van der Waals surface area contributed by atoms with Gasteiger partial charge in [-0.3, -0.25) is 19.0 Å². The van der Waals surface area contributed by atoms with E-state index in [2.05, 4.69) is 4.98 Å². The molecule has 136 valence electrons. The third-order valence-electron chi connectivity index (χ3n) is 4.67. The van der Waals surface area contributed by atoms with Crippen LogP contribution in [0.4, 0.5) is 4.39 Å². The van der Waals surface area contributed by atoms with E-state index in [4.69, 9.17) is 0 Å². The summed E-state index contributed by atoms with van der Waals surface area (Å²) in [4.78, 5) is 40.4. The standard InChI is InChI=1S/C20H16FN3O3/c21-16-2-4-17(5-3-16)24-12-15-11-23(8-7-13(15)9-19(24)26)20(27)14-1-6-18(25)22-10-14/h1-6,9-10,12H,7-8,11H2,(H,22,25). The van der Waals surface area contributed by atoms with Crippen LogP contribution < -0.4 is 11.1 Å². The number of H-pyrrole nitrogens is 1. The van der Waals surface area contributed by atoms with Crippen molar-refractivity contribution in [2.75, 3.05) is 6.54 Å². The molecule has 7 heteroatoms. The van der Waals surface area contributed by atoms with E-state index < -0.39 is 0 Å². The molecule has 0 radical (unpaired) electrons. The Morgan fingerprint density at radius 2 is 1.81 bits per heavy atom. The van der Waals surface area contributed by atoms with E-state index in [1.165, 1.54) is 47.2 Å². The Labute approximate surface area is 153 Å². The number of nitrogens with zero attached hydrogens (tertiary/aromatic N) is 2. The maximum absolute atomic E-state index is 13.1. The molecule has 0 saturated heterocycles. The first-order valence-electron chi connectivity index (χ1n) is 8.50. The second-order valence-corrected chi connectivity index (χ2v) is 6.43. The molecule has 0 unspecified atom stereocenters. The first-order valence-corrected chi connectivity index (χ1v) is 8.50. The zero-order valence-electron chi connectivity index (χ0n) is 14.3. The molecule has 0 atom stereocenters. The summed E-state index contributed by atoms with van der Waals surface area (Å²) in [6.07, 6.45) is 3.68. The van der Waals surface area contributed by atoms with Crippen molar-refractivity contribution in [3.8, 4) is 5.69 Å². The smallest absolute Gasteiger partial charge is 0.255 e. The van der Waals surface area contributed by atoms with Crippen LogP contribution in [-0.2, 0) is 13.0 Å². The number of hydrogen-bond acceptors (Lipinski definition) is 3. The molecule has 1 aliphatic rings. The fraction of sp³-hybridized carbons (Fsp3) is 0.150. The number of carbonyl (C=O) groups is 1. The van der Waals surface area contributed by atoms with Crippen molar-refractivity contribution >= 4 is 5.91 Å². The van der Waals surface area contributed by atoms with Crippen LogP contribution in [0, 0.1) is 5.82 Å². The van der Waals surface area contributed by atoms with E-state index in [1.54, 1.807) is 17.2 Å². The minimum atomic E-state index is -0.373. The topological polar surface area (TPSA) is 75.2 Å². The molecular formula is C20H16FN3O3. The Balaban J connectivity index is 1.65. The lowest BCUT2D eigenvalue weighted by Gasteiger charge is -2.29. The molecule has 1 aliphatic heterocycles. The number of hydrogen-bond donors (Lipinski definition) is 1. The number of amides is 1. The van der Waals surface area contributed by atoms with Crippen LogP contribution in [0.25, 0.3) is 5.69 Å². The van der Waals surface area contributed by atoms with Crippen LogP contribution in [0.2, 0.25) is 0 Å². The third-order valence-corrected chi connectivity index (χ3v) is 4.67. The fourth-order valence-corrected chi connectivity index (χ4v) is 3.23. The Hall–Kier alpha value is -3.48. The van der Waals surface area contributed by atoms with E-state index >= 15 is 0 Å².